The fraction of sp³-hybridized carbons (Fsp3) is 0.500. The number of ether oxygens (including phenoxy) is 1. The summed E-state index contributed by atoms with van der Waals surface area (Å²) in [6, 6.07) is 0. The van der Waals surface area contributed by atoms with Crippen LogP contribution < -0.4 is 0 Å². The molecule has 0 amide bonds. The van der Waals surface area contributed by atoms with Crippen molar-refractivity contribution < 1.29 is 14.3 Å². The predicted molar refractivity (Wildman–Crippen MR) is 36.5 cm³/mol. The van der Waals surface area contributed by atoms with Crippen LogP contribution >= 0.6 is 0 Å². The molecule has 3 heteroatoms. The van der Waals surface area contributed by atoms with Crippen LogP contribution in [0.3, 0.4) is 0 Å². The standard InChI is InChI=1S/C8H8O3/c1-5-3-2-4-8(5)6(9)11-7(8)10/h3H,2,4H2,1H3. The highest BCUT2D eigenvalue weighted by Crippen LogP contribution is 2.46. The molecular formula is C8H8O3. The first-order valence-corrected chi connectivity index (χ1v) is 3.62. The fourth-order valence-electron chi connectivity index (χ4n) is 1.70. The van der Waals surface area contributed by atoms with E-state index in [9.17, 15) is 9.59 Å². The molecule has 1 aliphatic carbocycles. The summed E-state index contributed by atoms with van der Waals surface area (Å²) in [5.74, 6) is -0.734. The first-order chi connectivity index (χ1) is 5.18. The van der Waals surface area contributed by atoms with Crippen LogP contribution in [0.15, 0.2) is 11.6 Å². The average molecular weight is 152 g/mol. The van der Waals surface area contributed by atoms with Crippen LogP contribution in [0.2, 0.25) is 0 Å². The number of esters is 2. The van der Waals surface area contributed by atoms with Gasteiger partial charge >= 0.3 is 11.9 Å². The van der Waals surface area contributed by atoms with Gasteiger partial charge in [-0.25, -0.2) is 9.59 Å². The highest BCUT2D eigenvalue weighted by molar-refractivity contribution is 6.16. The maximum atomic E-state index is 11.0. The summed E-state index contributed by atoms with van der Waals surface area (Å²) in [5, 5.41) is 0. The van der Waals surface area contributed by atoms with E-state index in [0.29, 0.717) is 6.42 Å². The van der Waals surface area contributed by atoms with Crippen molar-refractivity contribution in [3.63, 3.8) is 0 Å². The lowest BCUT2D eigenvalue weighted by molar-refractivity contribution is -0.192. The fourth-order valence-corrected chi connectivity index (χ4v) is 1.70. The molecule has 2 rings (SSSR count). The van der Waals surface area contributed by atoms with Crippen LogP contribution in [0.1, 0.15) is 19.8 Å². The number of cyclic esters (lactones) is 2. The Morgan fingerprint density at radius 2 is 2.09 bits per heavy atom. The van der Waals surface area contributed by atoms with Gasteiger partial charge < -0.3 is 4.74 Å². The molecule has 0 saturated carbocycles. The lowest BCUT2D eigenvalue weighted by atomic mass is 9.78. The Hall–Kier alpha value is -1.12. The van der Waals surface area contributed by atoms with Gasteiger partial charge in [-0.05, 0) is 25.3 Å². The van der Waals surface area contributed by atoms with Crippen molar-refractivity contribution in [2.45, 2.75) is 19.8 Å². The van der Waals surface area contributed by atoms with Crippen molar-refractivity contribution in [1.29, 1.82) is 0 Å². The molecule has 0 aromatic heterocycles. The topological polar surface area (TPSA) is 43.4 Å². The minimum Gasteiger partial charge on any atom is -0.391 e. The molecule has 1 heterocycles. The van der Waals surface area contributed by atoms with Gasteiger partial charge in [0.05, 0.1) is 0 Å². The molecule has 3 nitrogen and oxygen atoms in total. The molecule has 0 unspecified atom stereocenters. The Bertz CT molecular complexity index is 261. The summed E-state index contributed by atoms with van der Waals surface area (Å²) in [6.45, 7) is 1.81. The van der Waals surface area contributed by atoms with Crippen LogP contribution in [0.25, 0.3) is 0 Å². The third kappa shape index (κ3) is 0.541. The van der Waals surface area contributed by atoms with Crippen LogP contribution in [0, 0.1) is 5.41 Å². The molecule has 58 valence electrons. The second-order valence-corrected chi connectivity index (χ2v) is 3.01. The van der Waals surface area contributed by atoms with Gasteiger partial charge in [-0.3, -0.25) is 0 Å². The molecule has 0 radical (unpaired) electrons. The highest BCUT2D eigenvalue weighted by atomic mass is 16.6. The van der Waals surface area contributed by atoms with Gasteiger partial charge in [-0.2, -0.15) is 0 Å². The van der Waals surface area contributed by atoms with Gasteiger partial charge in [0, 0.05) is 0 Å². The third-order valence-corrected chi connectivity index (χ3v) is 2.53. The SMILES string of the molecule is CC1=CCCC12C(=O)OC2=O. The first-order valence-electron chi connectivity index (χ1n) is 3.62. The molecule has 2 aliphatic rings. The smallest absolute Gasteiger partial charge is 0.335 e. The van der Waals surface area contributed by atoms with Crippen LogP contribution in [-0.4, -0.2) is 11.9 Å². The number of hydrogen-bond donors (Lipinski definition) is 0. The van der Waals surface area contributed by atoms with Crippen molar-refractivity contribution in [2.75, 3.05) is 0 Å². The zero-order chi connectivity index (χ0) is 8.06. The highest BCUT2D eigenvalue weighted by Gasteiger charge is 2.60. The monoisotopic (exact) mass is 152 g/mol. The third-order valence-electron chi connectivity index (χ3n) is 2.53. The number of carbonyl (C=O) groups excluding carboxylic acids is 2. The van der Waals surface area contributed by atoms with Gasteiger partial charge in [0.2, 0.25) is 0 Å². The molecule has 0 atom stereocenters. The van der Waals surface area contributed by atoms with E-state index in [0.717, 1.165) is 12.0 Å². The Balaban J connectivity index is 2.42. The minimum atomic E-state index is -0.847. The van der Waals surface area contributed by atoms with Gasteiger partial charge in [0.15, 0.2) is 5.41 Å². The van der Waals surface area contributed by atoms with Crippen LogP contribution in [0.5, 0.6) is 0 Å². The van der Waals surface area contributed by atoms with Crippen LogP contribution in [-0.2, 0) is 14.3 Å². The van der Waals surface area contributed by atoms with Crippen molar-refractivity contribution in [3.8, 4) is 0 Å². The molecule has 1 fully saturated rings. The molecule has 0 aromatic rings. The molecular weight excluding hydrogens is 144 g/mol. The molecule has 1 aliphatic heterocycles. The summed E-state index contributed by atoms with van der Waals surface area (Å²) >= 11 is 0. The van der Waals surface area contributed by atoms with Gasteiger partial charge in [0.25, 0.3) is 0 Å². The maximum absolute atomic E-state index is 11.0. The second-order valence-electron chi connectivity index (χ2n) is 3.01. The summed E-state index contributed by atoms with van der Waals surface area (Å²) in [7, 11) is 0. The van der Waals surface area contributed by atoms with Gasteiger partial charge in [-0.15, -0.1) is 0 Å². The Morgan fingerprint density at radius 3 is 2.36 bits per heavy atom. The largest absolute Gasteiger partial charge is 0.391 e. The number of rotatable bonds is 0. The quantitative estimate of drug-likeness (QED) is 0.293. The molecule has 0 bridgehead atoms. The van der Waals surface area contributed by atoms with Crippen molar-refractivity contribution >= 4 is 11.9 Å². The van der Waals surface area contributed by atoms with Crippen molar-refractivity contribution in [3.05, 3.63) is 11.6 Å². The Morgan fingerprint density at radius 1 is 1.45 bits per heavy atom. The Kier molecular flexibility index (Phi) is 1.03. The summed E-state index contributed by atoms with van der Waals surface area (Å²) in [4.78, 5) is 22.0. The summed E-state index contributed by atoms with van der Waals surface area (Å²) < 4.78 is 4.33. The lowest BCUT2D eigenvalue weighted by Crippen LogP contribution is -2.52. The molecule has 1 saturated heterocycles. The summed E-state index contributed by atoms with van der Waals surface area (Å²) in [6.07, 6.45) is 3.35. The number of hydrogen-bond acceptors (Lipinski definition) is 3. The number of allylic oxidation sites excluding steroid dienone is 1. The van der Waals surface area contributed by atoms with E-state index in [4.69, 9.17) is 0 Å². The minimum absolute atomic E-state index is 0.367. The second kappa shape index (κ2) is 1.72. The van der Waals surface area contributed by atoms with Crippen molar-refractivity contribution in [1.82, 2.24) is 0 Å². The molecule has 1 spiro atoms. The zero-order valence-electron chi connectivity index (χ0n) is 6.22. The van der Waals surface area contributed by atoms with Gasteiger partial charge in [-0.1, -0.05) is 6.08 Å². The average Bonchev–Trinajstić information content (AvgIpc) is 2.34. The Labute approximate surface area is 64.0 Å². The first kappa shape index (κ1) is 6.58. The van der Waals surface area contributed by atoms with E-state index in [1.54, 1.807) is 0 Å². The lowest BCUT2D eigenvalue weighted by Gasteiger charge is -2.33. The van der Waals surface area contributed by atoms with E-state index >= 15 is 0 Å². The van der Waals surface area contributed by atoms with Gasteiger partial charge in [0.1, 0.15) is 0 Å². The summed E-state index contributed by atoms with van der Waals surface area (Å²) in [5.41, 5.74) is 0.0127. The van der Waals surface area contributed by atoms with E-state index in [2.05, 4.69) is 4.74 Å². The van der Waals surface area contributed by atoms with E-state index in [-0.39, 0.29) is 11.9 Å². The predicted octanol–water partition coefficient (Wildman–Crippen LogP) is 0.796. The molecule has 0 aromatic carbocycles. The van der Waals surface area contributed by atoms with E-state index in [1.807, 2.05) is 13.0 Å². The maximum Gasteiger partial charge on any atom is 0.335 e. The zero-order valence-corrected chi connectivity index (χ0v) is 6.22. The van der Waals surface area contributed by atoms with E-state index < -0.39 is 5.41 Å². The number of carbonyl (C=O) groups is 2. The molecule has 0 N–H and O–H groups in total. The van der Waals surface area contributed by atoms with Crippen LogP contribution in [0.4, 0.5) is 0 Å². The van der Waals surface area contributed by atoms with Crippen molar-refractivity contribution in [2.24, 2.45) is 5.41 Å². The normalized spacial score (nSPS) is 26.5. The van der Waals surface area contributed by atoms with E-state index in [1.165, 1.54) is 0 Å². The molecule has 11 heavy (non-hydrogen) atoms.